The number of hydrogen-bond acceptors (Lipinski definition) is 6. The zero-order valence-corrected chi connectivity index (χ0v) is 16.0. The minimum Gasteiger partial charge on any atom is -0.484 e. The second-order valence-corrected chi connectivity index (χ2v) is 8.01. The highest BCUT2D eigenvalue weighted by Crippen LogP contribution is 2.55. The van der Waals surface area contributed by atoms with E-state index >= 15 is 0 Å². The first-order valence-electron chi connectivity index (χ1n) is 9.97. The van der Waals surface area contributed by atoms with Gasteiger partial charge in [0.15, 0.2) is 18.2 Å². The average molecular weight is 398 g/mol. The first-order valence-corrected chi connectivity index (χ1v) is 9.97. The highest BCUT2D eigenvalue weighted by atomic mass is 19.1. The lowest BCUT2D eigenvalue weighted by Gasteiger charge is -2.29. The largest absolute Gasteiger partial charge is 0.484 e. The third-order valence-corrected chi connectivity index (χ3v) is 6.38. The van der Waals surface area contributed by atoms with E-state index in [2.05, 4.69) is 15.3 Å². The molecule has 2 bridgehead atoms. The number of rotatable bonds is 6. The molecule has 0 radical (unpaired) electrons. The number of amides is 1. The maximum atomic E-state index is 14.2. The summed E-state index contributed by atoms with van der Waals surface area (Å²) in [6, 6.07) is 9.27. The first-order chi connectivity index (χ1) is 14.1. The van der Waals surface area contributed by atoms with Gasteiger partial charge in [0, 0.05) is 31.5 Å². The van der Waals surface area contributed by atoms with Crippen LogP contribution in [0.15, 0.2) is 42.9 Å². The van der Waals surface area contributed by atoms with Crippen LogP contribution in [0.5, 0.6) is 5.75 Å². The molecule has 4 heterocycles. The van der Waals surface area contributed by atoms with E-state index in [-0.39, 0.29) is 36.1 Å². The van der Waals surface area contributed by atoms with Gasteiger partial charge in [0.2, 0.25) is 0 Å². The van der Waals surface area contributed by atoms with E-state index in [1.54, 1.807) is 0 Å². The fraction of sp³-hybridized carbons (Fsp3) is 0.476. The highest BCUT2D eigenvalue weighted by Gasteiger charge is 2.63. The van der Waals surface area contributed by atoms with Crippen molar-refractivity contribution >= 4 is 11.7 Å². The molecule has 152 valence electrons. The lowest BCUT2D eigenvalue weighted by atomic mass is 9.73. The van der Waals surface area contributed by atoms with Gasteiger partial charge in [-0.25, -0.2) is 14.4 Å². The van der Waals surface area contributed by atoms with Gasteiger partial charge in [0.05, 0.1) is 17.9 Å². The summed E-state index contributed by atoms with van der Waals surface area (Å²) in [4.78, 5) is 22.1. The minimum atomic E-state index is -0.415. The molecule has 2 aromatic rings. The van der Waals surface area contributed by atoms with E-state index < -0.39 is 5.82 Å². The summed E-state index contributed by atoms with van der Waals surface area (Å²) < 4.78 is 26.0. The number of ether oxygens (including phenoxy) is 2. The number of nitrogens with one attached hydrogen (secondary N) is 1. The van der Waals surface area contributed by atoms with Gasteiger partial charge in [-0.15, -0.1) is 0 Å². The van der Waals surface area contributed by atoms with Gasteiger partial charge in [-0.1, -0.05) is 18.2 Å². The Hall–Kier alpha value is -2.74. The SMILES string of the molecule is O=C(COc1ccccc1)NC[C@H]1[C@H]2CN(c3ncncc3F)C[C@]23CC[C@H]1O3. The highest BCUT2D eigenvalue weighted by molar-refractivity contribution is 5.77. The van der Waals surface area contributed by atoms with E-state index in [1.807, 2.05) is 35.2 Å². The summed E-state index contributed by atoms with van der Waals surface area (Å²) in [5.74, 6) is 0.882. The molecular formula is C21H23FN4O3. The Kier molecular flexibility index (Phi) is 4.58. The molecule has 0 aliphatic carbocycles. The number of nitrogens with zero attached hydrogens (tertiary/aromatic N) is 3. The predicted octanol–water partition coefficient (Wildman–Crippen LogP) is 1.79. The smallest absolute Gasteiger partial charge is 0.257 e. The van der Waals surface area contributed by atoms with Crippen LogP contribution in [0, 0.1) is 17.7 Å². The second-order valence-electron chi connectivity index (χ2n) is 8.01. The standard InChI is InChI=1S/C21H23FN4O3/c22-17-9-23-13-25-20(17)26-10-16-15(18-6-7-21(16,12-26)29-18)8-24-19(27)11-28-14-4-2-1-3-5-14/h1-5,9,13,15-16,18H,6-8,10-12H2,(H,24,27)/t15-,16+,18+,21+/m0/s1. The molecule has 3 saturated heterocycles. The van der Waals surface area contributed by atoms with Crippen molar-refractivity contribution in [3.63, 3.8) is 0 Å². The number of anilines is 1. The Labute approximate surface area is 168 Å². The topological polar surface area (TPSA) is 76.6 Å². The van der Waals surface area contributed by atoms with Gasteiger partial charge < -0.3 is 19.7 Å². The summed E-state index contributed by atoms with van der Waals surface area (Å²) in [6.45, 7) is 1.82. The Balaban J connectivity index is 1.21. The second kappa shape index (κ2) is 7.26. The van der Waals surface area contributed by atoms with Gasteiger partial charge in [-0.2, -0.15) is 0 Å². The van der Waals surface area contributed by atoms with Crippen LogP contribution < -0.4 is 15.0 Å². The zero-order chi connectivity index (χ0) is 19.8. The molecule has 1 amide bonds. The Bertz CT molecular complexity index is 899. The quantitative estimate of drug-likeness (QED) is 0.800. The van der Waals surface area contributed by atoms with Gasteiger partial charge in [-0.3, -0.25) is 4.79 Å². The van der Waals surface area contributed by atoms with Crippen LogP contribution in [-0.2, 0) is 9.53 Å². The maximum Gasteiger partial charge on any atom is 0.257 e. The molecule has 3 fully saturated rings. The van der Waals surface area contributed by atoms with Gasteiger partial charge in [0.1, 0.15) is 12.1 Å². The van der Waals surface area contributed by atoms with E-state index in [0.717, 1.165) is 12.8 Å². The van der Waals surface area contributed by atoms with Crippen LogP contribution in [0.2, 0.25) is 0 Å². The molecule has 0 unspecified atom stereocenters. The van der Waals surface area contributed by atoms with Crippen molar-refractivity contribution in [1.29, 1.82) is 0 Å². The number of benzene rings is 1. The molecule has 7 nitrogen and oxygen atoms in total. The number of para-hydroxylation sites is 1. The normalized spacial score (nSPS) is 29.7. The number of hydrogen-bond donors (Lipinski definition) is 1. The van der Waals surface area contributed by atoms with E-state index in [9.17, 15) is 9.18 Å². The summed E-state index contributed by atoms with van der Waals surface area (Å²) in [5, 5.41) is 2.99. The molecular weight excluding hydrogens is 375 g/mol. The molecule has 8 heteroatoms. The monoisotopic (exact) mass is 398 g/mol. The summed E-state index contributed by atoms with van der Waals surface area (Å²) >= 11 is 0. The van der Waals surface area contributed by atoms with Crippen LogP contribution >= 0.6 is 0 Å². The van der Waals surface area contributed by atoms with Crippen LogP contribution in [-0.4, -0.2) is 53.8 Å². The third kappa shape index (κ3) is 3.31. The van der Waals surface area contributed by atoms with Gasteiger partial charge in [-0.05, 0) is 25.0 Å². The zero-order valence-electron chi connectivity index (χ0n) is 16.0. The Morgan fingerprint density at radius 1 is 1.38 bits per heavy atom. The maximum absolute atomic E-state index is 14.2. The van der Waals surface area contributed by atoms with Crippen molar-refractivity contribution in [2.45, 2.75) is 24.5 Å². The molecule has 5 rings (SSSR count). The number of halogens is 1. The number of carbonyl (C=O) groups is 1. The molecule has 1 N–H and O–H groups in total. The fourth-order valence-corrected chi connectivity index (χ4v) is 5.11. The molecule has 1 aromatic heterocycles. The third-order valence-electron chi connectivity index (χ3n) is 6.38. The van der Waals surface area contributed by atoms with Crippen molar-refractivity contribution in [3.05, 3.63) is 48.7 Å². The number of aromatic nitrogens is 2. The molecule has 1 aromatic carbocycles. The summed E-state index contributed by atoms with van der Waals surface area (Å²) in [7, 11) is 0. The number of fused-ring (bicyclic) bond motifs is 1. The molecule has 4 atom stereocenters. The van der Waals surface area contributed by atoms with Crippen LogP contribution in [0.1, 0.15) is 12.8 Å². The van der Waals surface area contributed by atoms with Crippen molar-refractivity contribution in [2.24, 2.45) is 11.8 Å². The van der Waals surface area contributed by atoms with Gasteiger partial charge in [0.25, 0.3) is 5.91 Å². The lowest BCUT2D eigenvalue weighted by Crippen LogP contribution is -2.42. The Morgan fingerprint density at radius 3 is 3.07 bits per heavy atom. The molecule has 29 heavy (non-hydrogen) atoms. The molecule has 0 saturated carbocycles. The molecule has 3 aliphatic heterocycles. The van der Waals surface area contributed by atoms with Crippen LogP contribution in [0.3, 0.4) is 0 Å². The average Bonchev–Trinajstić information content (AvgIpc) is 3.40. The van der Waals surface area contributed by atoms with E-state index in [4.69, 9.17) is 9.47 Å². The summed E-state index contributed by atoms with van der Waals surface area (Å²) in [5.41, 5.74) is -0.266. The number of carbonyl (C=O) groups excluding carboxylic acids is 1. The first kappa shape index (κ1) is 18.3. The predicted molar refractivity (Wildman–Crippen MR) is 103 cm³/mol. The van der Waals surface area contributed by atoms with E-state index in [0.29, 0.717) is 31.2 Å². The van der Waals surface area contributed by atoms with E-state index in [1.165, 1.54) is 12.5 Å². The van der Waals surface area contributed by atoms with Gasteiger partial charge >= 0.3 is 0 Å². The molecule has 3 aliphatic rings. The van der Waals surface area contributed by atoms with Crippen molar-refractivity contribution < 1.29 is 18.7 Å². The fourth-order valence-electron chi connectivity index (χ4n) is 5.11. The van der Waals surface area contributed by atoms with Crippen LogP contribution in [0.4, 0.5) is 10.2 Å². The summed E-state index contributed by atoms with van der Waals surface area (Å²) in [6.07, 6.45) is 4.64. The van der Waals surface area contributed by atoms with Crippen molar-refractivity contribution in [1.82, 2.24) is 15.3 Å². The minimum absolute atomic E-state index is 0.0175. The van der Waals surface area contributed by atoms with Crippen LogP contribution in [0.25, 0.3) is 0 Å². The molecule has 1 spiro atoms. The van der Waals surface area contributed by atoms with Crippen molar-refractivity contribution in [3.8, 4) is 5.75 Å². The Morgan fingerprint density at radius 2 is 2.24 bits per heavy atom. The van der Waals surface area contributed by atoms with Crippen molar-refractivity contribution in [2.75, 3.05) is 31.1 Å². The lowest BCUT2D eigenvalue weighted by molar-refractivity contribution is -0.123.